The molecule has 6 heteroatoms. The highest BCUT2D eigenvalue weighted by molar-refractivity contribution is 5.79. The van der Waals surface area contributed by atoms with E-state index < -0.39 is 0 Å². The average molecular weight is 358 g/mol. The molecule has 0 saturated heterocycles. The number of aromatic nitrogens is 2. The predicted octanol–water partition coefficient (Wildman–Crippen LogP) is 2.94. The maximum absolute atomic E-state index is 5.79. The molecule has 0 radical (unpaired) electrons. The van der Waals surface area contributed by atoms with E-state index in [1.807, 2.05) is 30.8 Å². The standard InChI is InChI=1S/C20H31N5O/c1-14(2)13-26-18-9-7-8-17(10-18)11-22-20(21-5)23-12-19-15(3)24-25(6)16(19)4/h7-10,14H,11-13H2,1-6H3,(H2,21,22,23). The summed E-state index contributed by atoms with van der Waals surface area (Å²) in [7, 11) is 3.74. The molecular formula is C20H31N5O. The molecule has 0 aliphatic heterocycles. The lowest BCUT2D eigenvalue weighted by atomic mass is 10.2. The summed E-state index contributed by atoms with van der Waals surface area (Å²) in [5.41, 5.74) is 4.57. The van der Waals surface area contributed by atoms with Crippen LogP contribution in [0.25, 0.3) is 0 Å². The van der Waals surface area contributed by atoms with Gasteiger partial charge in [0.05, 0.1) is 12.3 Å². The van der Waals surface area contributed by atoms with E-state index in [4.69, 9.17) is 4.74 Å². The molecule has 6 nitrogen and oxygen atoms in total. The number of aliphatic imine (C=N–C) groups is 1. The normalized spacial score (nSPS) is 11.7. The first kappa shape index (κ1) is 19.8. The van der Waals surface area contributed by atoms with Gasteiger partial charge in [0.2, 0.25) is 0 Å². The van der Waals surface area contributed by atoms with E-state index in [-0.39, 0.29) is 0 Å². The molecule has 2 aromatic rings. The molecule has 1 aromatic heterocycles. The smallest absolute Gasteiger partial charge is 0.191 e. The number of hydrogen-bond acceptors (Lipinski definition) is 3. The minimum Gasteiger partial charge on any atom is -0.493 e. The van der Waals surface area contributed by atoms with Crippen LogP contribution >= 0.6 is 0 Å². The zero-order chi connectivity index (χ0) is 19.1. The number of guanidine groups is 1. The van der Waals surface area contributed by atoms with Crippen LogP contribution in [0.3, 0.4) is 0 Å². The van der Waals surface area contributed by atoms with Gasteiger partial charge in [0.25, 0.3) is 0 Å². The first-order valence-corrected chi connectivity index (χ1v) is 9.06. The zero-order valence-electron chi connectivity index (χ0n) is 16.8. The Bertz CT molecular complexity index is 749. The van der Waals surface area contributed by atoms with Crippen molar-refractivity contribution in [1.82, 2.24) is 20.4 Å². The lowest BCUT2D eigenvalue weighted by Gasteiger charge is -2.13. The summed E-state index contributed by atoms with van der Waals surface area (Å²) >= 11 is 0. The third-order valence-corrected chi connectivity index (χ3v) is 4.26. The van der Waals surface area contributed by atoms with Gasteiger partial charge in [0, 0.05) is 38.4 Å². The highest BCUT2D eigenvalue weighted by Gasteiger charge is 2.09. The van der Waals surface area contributed by atoms with Gasteiger partial charge in [0.15, 0.2) is 5.96 Å². The summed E-state index contributed by atoms with van der Waals surface area (Å²) in [6, 6.07) is 8.16. The Kier molecular flexibility index (Phi) is 7.06. The van der Waals surface area contributed by atoms with Crippen molar-refractivity contribution in [3.05, 3.63) is 46.8 Å². The number of nitrogens with zero attached hydrogens (tertiary/aromatic N) is 3. The van der Waals surface area contributed by atoms with Gasteiger partial charge < -0.3 is 15.4 Å². The van der Waals surface area contributed by atoms with E-state index >= 15 is 0 Å². The van der Waals surface area contributed by atoms with Crippen molar-refractivity contribution in [2.45, 2.75) is 40.8 Å². The molecule has 26 heavy (non-hydrogen) atoms. The van der Waals surface area contributed by atoms with Crippen molar-refractivity contribution in [3.63, 3.8) is 0 Å². The molecule has 0 aliphatic carbocycles. The van der Waals surface area contributed by atoms with E-state index in [0.29, 0.717) is 19.0 Å². The minimum absolute atomic E-state index is 0.513. The van der Waals surface area contributed by atoms with Crippen LogP contribution in [0.1, 0.15) is 36.4 Å². The number of rotatable bonds is 7. The van der Waals surface area contributed by atoms with Crippen LogP contribution in [0.2, 0.25) is 0 Å². The Morgan fingerprint density at radius 1 is 1.23 bits per heavy atom. The van der Waals surface area contributed by atoms with Crippen LogP contribution in [0, 0.1) is 19.8 Å². The number of aryl methyl sites for hydroxylation is 2. The van der Waals surface area contributed by atoms with E-state index in [0.717, 1.165) is 29.6 Å². The van der Waals surface area contributed by atoms with Crippen LogP contribution in [0.15, 0.2) is 29.3 Å². The lowest BCUT2D eigenvalue weighted by molar-refractivity contribution is 0.271. The lowest BCUT2D eigenvalue weighted by Crippen LogP contribution is -2.36. The second-order valence-electron chi connectivity index (χ2n) is 6.90. The third kappa shape index (κ3) is 5.51. The quantitative estimate of drug-likeness (QED) is 0.591. The Balaban J connectivity index is 1.90. The van der Waals surface area contributed by atoms with Crippen molar-refractivity contribution in [1.29, 1.82) is 0 Å². The summed E-state index contributed by atoms with van der Waals surface area (Å²) in [6.45, 7) is 10.5. The predicted molar refractivity (Wildman–Crippen MR) is 106 cm³/mol. The van der Waals surface area contributed by atoms with Gasteiger partial charge in [-0.15, -0.1) is 0 Å². The van der Waals surface area contributed by atoms with Gasteiger partial charge in [-0.3, -0.25) is 9.67 Å². The maximum Gasteiger partial charge on any atom is 0.191 e. The van der Waals surface area contributed by atoms with Crippen molar-refractivity contribution in [2.24, 2.45) is 18.0 Å². The number of nitrogens with one attached hydrogen (secondary N) is 2. The average Bonchev–Trinajstić information content (AvgIpc) is 2.86. The SMILES string of the molecule is CN=C(NCc1cccc(OCC(C)C)c1)NCc1c(C)nn(C)c1C. The molecule has 0 spiro atoms. The summed E-state index contributed by atoms with van der Waals surface area (Å²) < 4.78 is 7.70. The van der Waals surface area contributed by atoms with E-state index in [1.54, 1.807) is 7.05 Å². The summed E-state index contributed by atoms with van der Waals surface area (Å²) in [4.78, 5) is 4.30. The van der Waals surface area contributed by atoms with Crippen LogP contribution in [0.4, 0.5) is 0 Å². The second-order valence-corrected chi connectivity index (χ2v) is 6.90. The fourth-order valence-corrected chi connectivity index (χ4v) is 2.66. The molecular weight excluding hydrogens is 326 g/mol. The van der Waals surface area contributed by atoms with Gasteiger partial charge in [-0.25, -0.2) is 0 Å². The highest BCUT2D eigenvalue weighted by Crippen LogP contribution is 2.14. The van der Waals surface area contributed by atoms with Gasteiger partial charge in [0.1, 0.15) is 5.75 Å². The van der Waals surface area contributed by atoms with Gasteiger partial charge in [-0.2, -0.15) is 5.10 Å². The van der Waals surface area contributed by atoms with Crippen LogP contribution in [-0.4, -0.2) is 29.4 Å². The van der Waals surface area contributed by atoms with Gasteiger partial charge in [-0.1, -0.05) is 26.0 Å². The topological polar surface area (TPSA) is 63.5 Å². The maximum atomic E-state index is 5.79. The zero-order valence-corrected chi connectivity index (χ0v) is 16.8. The highest BCUT2D eigenvalue weighted by atomic mass is 16.5. The fourth-order valence-electron chi connectivity index (χ4n) is 2.66. The Hall–Kier alpha value is -2.50. The van der Waals surface area contributed by atoms with Crippen LogP contribution < -0.4 is 15.4 Å². The number of benzene rings is 1. The van der Waals surface area contributed by atoms with E-state index in [1.165, 1.54) is 11.3 Å². The summed E-state index contributed by atoms with van der Waals surface area (Å²) in [5.74, 6) is 2.18. The molecule has 0 atom stereocenters. The molecule has 0 fully saturated rings. The Morgan fingerprint density at radius 2 is 1.96 bits per heavy atom. The molecule has 1 heterocycles. The fraction of sp³-hybridized carbons (Fsp3) is 0.500. The molecule has 0 aliphatic rings. The van der Waals surface area contributed by atoms with E-state index in [9.17, 15) is 0 Å². The molecule has 0 saturated carbocycles. The van der Waals surface area contributed by atoms with Crippen molar-refractivity contribution >= 4 is 5.96 Å². The van der Waals surface area contributed by atoms with E-state index in [2.05, 4.69) is 53.6 Å². The first-order chi connectivity index (χ1) is 12.4. The number of hydrogen-bond donors (Lipinski definition) is 2. The van der Waals surface area contributed by atoms with Crippen molar-refractivity contribution in [3.8, 4) is 5.75 Å². The van der Waals surface area contributed by atoms with Crippen molar-refractivity contribution in [2.75, 3.05) is 13.7 Å². The summed E-state index contributed by atoms with van der Waals surface area (Å²) in [5, 5.41) is 11.2. The largest absolute Gasteiger partial charge is 0.493 e. The monoisotopic (exact) mass is 357 g/mol. The van der Waals surface area contributed by atoms with Crippen LogP contribution in [0.5, 0.6) is 5.75 Å². The third-order valence-electron chi connectivity index (χ3n) is 4.26. The first-order valence-electron chi connectivity index (χ1n) is 9.06. The van der Waals surface area contributed by atoms with Gasteiger partial charge >= 0.3 is 0 Å². The van der Waals surface area contributed by atoms with Crippen LogP contribution in [-0.2, 0) is 20.1 Å². The molecule has 142 valence electrons. The molecule has 2 N–H and O–H groups in total. The molecule has 0 unspecified atom stereocenters. The molecule has 1 aromatic carbocycles. The van der Waals surface area contributed by atoms with Crippen molar-refractivity contribution < 1.29 is 4.74 Å². The molecule has 2 rings (SSSR count). The summed E-state index contributed by atoms with van der Waals surface area (Å²) in [6.07, 6.45) is 0. The second kappa shape index (κ2) is 9.27. The number of ether oxygens (including phenoxy) is 1. The Morgan fingerprint density at radius 3 is 2.58 bits per heavy atom. The molecule has 0 bridgehead atoms. The molecule has 0 amide bonds. The Labute approximate surface area is 156 Å². The minimum atomic E-state index is 0.513. The van der Waals surface area contributed by atoms with Gasteiger partial charge in [-0.05, 0) is 37.5 Å².